The summed E-state index contributed by atoms with van der Waals surface area (Å²) in [6, 6.07) is -0.348. The number of alkyl halides is 3. The van der Waals surface area contributed by atoms with Crippen molar-refractivity contribution in [2.45, 2.75) is 26.1 Å². The Morgan fingerprint density at radius 1 is 1.44 bits per heavy atom. The van der Waals surface area contributed by atoms with E-state index in [1.54, 1.807) is 13.8 Å². The minimum atomic E-state index is -4.29. The summed E-state index contributed by atoms with van der Waals surface area (Å²) in [4.78, 5) is 8.51. The number of nitrogens with two attached hydrogens (primary N) is 1. The molecule has 16 heavy (non-hydrogen) atoms. The molecule has 1 heterocycles. The van der Waals surface area contributed by atoms with Gasteiger partial charge in [0.25, 0.3) is 0 Å². The first-order valence-electron chi connectivity index (χ1n) is 4.70. The molecule has 7 heteroatoms. The first kappa shape index (κ1) is 12.5. The van der Waals surface area contributed by atoms with Crippen LogP contribution < -0.4 is 10.6 Å². The molecule has 4 nitrogen and oxygen atoms in total. The average molecular weight is 234 g/mol. The van der Waals surface area contributed by atoms with Gasteiger partial charge in [0.15, 0.2) is 5.82 Å². The van der Waals surface area contributed by atoms with E-state index in [4.69, 9.17) is 5.73 Å². The van der Waals surface area contributed by atoms with Crippen LogP contribution in [0.25, 0.3) is 0 Å². The molecule has 0 fully saturated rings. The fourth-order valence-electron chi connectivity index (χ4n) is 1.27. The van der Waals surface area contributed by atoms with E-state index in [9.17, 15) is 13.2 Å². The van der Waals surface area contributed by atoms with Crippen molar-refractivity contribution in [3.05, 3.63) is 12.5 Å². The zero-order chi connectivity index (χ0) is 12.3. The van der Waals surface area contributed by atoms with E-state index in [0.29, 0.717) is 0 Å². The Bertz CT molecular complexity index is 351. The SMILES string of the molecule is CC(C)N(CC(F)(F)F)c1ncncc1N. The smallest absolute Gasteiger partial charge is 0.394 e. The number of aromatic nitrogens is 2. The summed E-state index contributed by atoms with van der Waals surface area (Å²) in [5.41, 5.74) is 5.68. The van der Waals surface area contributed by atoms with Crippen LogP contribution in [0.1, 0.15) is 13.8 Å². The maximum absolute atomic E-state index is 12.4. The largest absolute Gasteiger partial charge is 0.405 e. The van der Waals surface area contributed by atoms with Crippen LogP contribution in [0, 0.1) is 0 Å². The van der Waals surface area contributed by atoms with Crippen LogP contribution in [0.3, 0.4) is 0 Å². The van der Waals surface area contributed by atoms with E-state index in [1.165, 1.54) is 12.5 Å². The molecule has 0 saturated heterocycles. The highest BCUT2D eigenvalue weighted by Gasteiger charge is 2.33. The van der Waals surface area contributed by atoms with Gasteiger partial charge in [-0.05, 0) is 13.8 Å². The lowest BCUT2D eigenvalue weighted by Crippen LogP contribution is -2.40. The van der Waals surface area contributed by atoms with Gasteiger partial charge in [-0.1, -0.05) is 0 Å². The molecule has 90 valence electrons. The molecular formula is C9H13F3N4. The van der Waals surface area contributed by atoms with E-state index in [2.05, 4.69) is 9.97 Å². The third kappa shape index (κ3) is 3.25. The molecule has 1 aromatic rings. The molecule has 2 N–H and O–H groups in total. The fraction of sp³-hybridized carbons (Fsp3) is 0.556. The Balaban J connectivity index is 2.99. The first-order chi connectivity index (χ1) is 7.31. The van der Waals surface area contributed by atoms with Gasteiger partial charge in [0, 0.05) is 6.04 Å². The number of hydrogen-bond donors (Lipinski definition) is 1. The Hall–Kier alpha value is -1.53. The molecule has 0 aliphatic carbocycles. The number of nitrogen functional groups attached to an aromatic ring is 1. The molecule has 0 radical (unpaired) electrons. The maximum atomic E-state index is 12.4. The molecule has 1 aromatic heterocycles. The molecule has 0 atom stereocenters. The van der Waals surface area contributed by atoms with Crippen LogP contribution in [-0.2, 0) is 0 Å². The summed E-state index contributed by atoms with van der Waals surface area (Å²) in [6.45, 7) is 2.21. The van der Waals surface area contributed by atoms with Crippen LogP contribution in [-0.4, -0.2) is 28.7 Å². The lowest BCUT2D eigenvalue weighted by atomic mass is 10.3. The standard InChI is InChI=1S/C9H13F3N4/c1-6(2)16(4-9(10,11)12)8-7(13)3-14-5-15-8/h3,5-6H,4,13H2,1-2H3. The monoisotopic (exact) mass is 234 g/mol. The molecule has 0 aliphatic heterocycles. The van der Waals surface area contributed by atoms with E-state index in [0.717, 1.165) is 4.90 Å². The molecule has 0 amide bonds. The van der Waals surface area contributed by atoms with Crippen molar-refractivity contribution >= 4 is 11.5 Å². The fourth-order valence-corrected chi connectivity index (χ4v) is 1.27. The van der Waals surface area contributed by atoms with E-state index < -0.39 is 12.7 Å². The average Bonchev–Trinajstić information content (AvgIpc) is 2.13. The van der Waals surface area contributed by atoms with Crippen LogP contribution in [0.4, 0.5) is 24.7 Å². The topological polar surface area (TPSA) is 55.0 Å². The van der Waals surface area contributed by atoms with Gasteiger partial charge in [-0.3, -0.25) is 0 Å². The number of halogens is 3. The van der Waals surface area contributed by atoms with E-state index in [-0.39, 0.29) is 17.5 Å². The van der Waals surface area contributed by atoms with Gasteiger partial charge in [-0.25, -0.2) is 9.97 Å². The maximum Gasteiger partial charge on any atom is 0.405 e. The summed E-state index contributed by atoms with van der Waals surface area (Å²) in [5.74, 6) is 0.113. The molecule has 1 rings (SSSR count). The van der Waals surface area contributed by atoms with Gasteiger partial charge in [0.05, 0.1) is 11.9 Å². The van der Waals surface area contributed by atoms with E-state index in [1.807, 2.05) is 0 Å². The van der Waals surface area contributed by atoms with Crippen molar-refractivity contribution < 1.29 is 13.2 Å². The molecule has 0 saturated carbocycles. The quantitative estimate of drug-likeness (QED) is 0.866. The summed E-state index contributed by atoms with van der Waals surface area (Å²) < 4.78 is 37.1. The van der Waals surface area contributed by atoms with Crippen molar-refractivity contribution in [3.63, 3.8) is 0 Å². The highest BCUT2D eigenvalue weighted by molar-refractivity contribution is 5.61. The predicted molar refractivity (Wildman–Crippen MR) is 55.0 cm³/mol. The van der Waals surface area contributed by atoms with Gasteiger partial charge in [-0.2, -0.15) is 13.2 Å². The Morgan fingerprint density at radius 2 is 2.06 bits per heavy atom. The lowest BCUT2D eigenvalue weighted by Gasteiger charge is -2.29. The number of anilines is 2. The molecule has 0 aromatic carbocycles. The number of nitrogens with zero attached hydrogens (tertiary/aromatic N) is 3. The van der Waals surface area contributed by atoms with Crippen LogP contribution in [0.2, 0.25) is 0 Å². The summed E-state index contributed by atoms with van der Waals surface area (Å²) in [7, 11) is 0. The second-order valence-corrected chi connectivity index (χ2v) is 3.64. The zero-order valence-corrected chi connectivity index (χ0v) is 8.99. The summed E-state index contributed by atoms with van der Waals surface area (Å²) >= 11 is 0. The first-order valence-corrected chi connectivity index (χ1v) is 4.70. The second kappa shape index (κ2) is 4.54. The van der Waals surface area contributed by atoms with Crippen molar-refractivity contribution in [2.24, 2.45) is 0 Å². The third-order valence-corrected chi connectivity index (χ3v) is 1.96. The molecule has 0 unspecified atom stereocenters. The van der Waals surface area contributed by atoms with Gasteiger partial charge in [0.2, 0.25) is 0 Å². The highest BCUT2D eigenvalue weighted by atomic mass is 19.4. The lowest BCUT2D eigenvalue weighted by molar-refractivity contribution is -0.120. The van der Waals surface area contributed by atoms with Crippen molar-refractivity contribution in [1.82, 2.24) is 9.97 Å². The third-order valence-electron chi connectivity index (χ3n) is 1.96. The molecule has 0 bridgehead atoms. The number of rotatable bonds is 3. The van der Waals surface area contributed by atoms with E-state index >= 15 is 0 Å². The second-order valence-electron chi connectivity index (χ2n) is 3.64. The Morgan fingerprint density at radius 3 is 2.50 bits per heavy atom. The Kier molecular flexibility index (Phi) is 3.56. The molecule has 0 aliphatic rings. The zero-order valence-electron chi connectivity index (χ0n) is 8.99. The normalized spacial score (nSPS) is 11.9. The van der Waals surface area contributed by atoms with Crippen LogP contribution in [0.15, 0.2) is 12.5 Å². The minimum absolute atomic E-state index is 0.113. The highest BCUT2D eigenvalue weighted by Crippen LogP contribution is 2.25. The summed E-state index contributed by atoms with van der Waals surface area (Å²) in [5, 5.41) is 0. The van der Waals surface area contributed by atoms with Crippen molar-refractivity contribution in [1.29, 1.82) is 0 Å². The van der Waals surface area contributed by atoms with Gasteiger partial charge < -0.3 is 10.6 Å². The van der Waals surface area contributed by atoms with Crippen molar-refractivity contribution in [3.8, 4) is 0 Å². The number of hydrogen-bond acceptors (Lipinski definition) is 4. The minimum Gasteiger partial charge on any atom is -0.394 e. The predicted octanol–water partition coefficient (Wildman–Crippen LogP) is 1.84. The molecular weight excluding hydrogens is 221 g/mol. The van der Waals surface area contributed by atoms with Crippen LogP contribution in [0.5, 0.6) is 0 Å². The van der Waals surface area contributed by atoms with Crippen molar-refractivity contribution in [2.75, 3.05) is 17.2 Å². The molecule has 0 spiro atoms. The van der Waals surface area contributed by atoms with Gasteiger partial charge in [0.1, 0.15) is 12.9 Å². The van der Waals surface area contributed by atoms with Crippen LogP contribution >= 0.6 is 0 Å². The summed E-state index contributed by atoms with van der Waals surface area (Å²) in [6.07, 6.45) is -1.83. The Labute approximate surface area is 91.3 Å². The van der Waals surface area contributed by atoms with Gasteiger partial charge in [-0.15, -0.1) is 0 Å². The van der Waals surface area contributed by atoms with Gasteiger partial charge >= 0.3 is 6.18 Å².